The zero-order valence-corrected chi connectivity index (χ0v) is 26.2. The largest absolute Gasteiger partial charge is 0.493 e. The maximum Gasteiger partial charge on any atom is 0.244 e. The van der Waals surface area contributed by atoms with E-state index >= 15 is 0 Å². The Morgan fingerprint density at radius 3 is 2.23 bits per heavy atom. The molecule has 1 atom stereocenters. The molecule has 1 N–H and O–H groups in total. The van der Waals surface area contributed by atoms with E-state index < -0.39 is 34.3 Å². The molecule has 1 aliphatic rings. The van der Waals surface area contributed by atoms with Gasteiger partial charge in [-0.25, -0.2) is 12.8 Å². The van der Waals surface area contributed by atoms with Gasteiger partial charge in [-0.1, -0.05) is 67.8 Å². The van der Waals surface area contributed by atoms with Gasteiger partial charge in [0.05, 0.1) is 26.2 Å². The molecule has 11 heteroatoms. The SMILES string of the molecule is COc1ccc(N(CC(=O)N(Cc2ccccc2F)[C@@H](Cc2ccccc2)C(=O)NC2CCCCC2)S(C)(=O)=O)cc1OC. The van der Waals surface area contributed by atoms with Gasteiger partial charge in [-0.3, -0.25) is 13.9 Å². The molecule has 1 saturated carbocycles. The van der Waals surface area contributed by atoms with Crippen LogP contribution in [0.4, 0.5) is 10.1 Å². The van der Waals surface area contributed by atoms with E-state index in [1.54, 1.807) is 24.3 Å². The number of halogens is 1. The Morgan fingerprint density at radius 2 is 1.59 bits per heavy atom. The van der Waals surface area contributed by atoms with Gasteiger partial charge in [0.25, 0.3) is 0 Å². The van der Waals surface area contributed by atoms with Crippen molar-refractivity contribution in [1.29, 1.82) is 0 Å². The van der Waals surface area contributed by atoms with Crippen molar-refractivity contribution in [2.75, 3.05) is 31.3 Å². The van der Waals surface area contributed by atoms with Crippen LogP contribution in [-0.2, 0) is 32.6 Å². The van der Waals surface area contributed by atoms with Gasteiger partial charge < -0.3 is 19.7 Å². The first kappa shape index (κ1) is 32.8. The summed E-state index contributed by atoms with van der Waals surface area (Å²) in [6, 6.07) is 18.8. The van der Waals surface area contributed by atoms with Crippen LogP contribution in [0.2, 0.25) is 0 Å². The molecule has 4 rings (SSSR count). The summed E-state index contributed by atoms with van der Waals surface area (Å²) in [6.45, 7) is -0.852. The van der Waals surface area contributed by atoms with Gasteiger partial charge in [0, 0.05) is 30.6 Å². The number of amides is 2. The number of benzene rings is 3. The highest BCUT2D eigenvalue weighted by Crippen LogP contribution is 2.32. The lowest BCUT2D eigenvalue weighted by Crippen LogP contribution is -2.55. The zero-order chi connectivity index (χ0) is 31.7. The molecule has 0 bridgehead atoms. The molecular formula is C33H40FN3O6S. The number of ether oxygens (including phenoxy) is 2. The van der Waals surface area contributed by atoms with Gasteiger partial charge in [0.1, 0.15) is 18.4 Å². The van der Waals surface area contributed by atoms with Crippen LogP contribution in [0.25, 0.3) is 0 Å². The Hall–Kier alpha value is -4.12. The van der Waals surface area contributed by atoms with Crippen LogP contribution in [0, 0.1) is 5.82 Å². The third-order valence-electron chi connectivity index (χ3n) is 7.86. The quantitative estimate of drug-likeness (QED) is 0.295. The van der Waals surface area contributed by atoms with Crippen molar-refractivity contribution in [1.82, 2.24) is 10.2 Å². The summed E-state index contributed by atoms with van der Waals surface area (Å²) >= 11 is 0. The second-order valence-electron chi connectivity index (χ2n) is 11.0. The van der Waals surface area contributed by atoms with E-state index in [2.05, 4.69) is 5.32 Å². The molecule has 0 spiro atoms. The van der Waals surface area contributed by atoms with Gasteiger partial charge in [0.15, 0.2) is 11.5 Å². The molecule has 0 aliphatic heterocycles. The molecule has 0 radical (unpaired) electrons. The van der Waals surface area contributed by atoms with Gasteiger partial charge in [-0.05, 0) is 36.6 Å². The highest BCUT2D eigenvalue weighted by molar-refractivity contribution is 7.92. The lowest BCUT2D eigenvalue weighted by Gasteiger charge is -2.35. The van der Waals surface area contributed by atoms with E-state index in [-0.39, 0.29) is 41.9 Å². The fraction of sp³-hybridized carbons (Fsp3) is 0.394. The maximum atomic E-state index is 15.0. The minimum atomic E-state index is -3.98. The number of hydrogen-bond donors (Lipinski definition) is 1. The molecule has 0 saturated heterocycles. The third-order valence-corrected chi connectivity index (χ3v) is 9.00. The van der Waals surface area contributed by atoms with Crippen LogP contribution in [0.1, 0.15) is 43.2 Å². The minimum absolute atomic E-state index is 0.0285. The number of sulfonamides is 1. The Labute approximate surface area is 259 Å². The highest BCUT2D eigenvalue weighted by Gasteiger charge is 2.34. The Morgan fingerprint density at radius 1 is 0.932 bits per heavy atom. The molecule has 236 valence electrons. The predicted octanol–water partition coefficient (Wildman–Crippen LogP) is 4.70. The number of carbonyl (C=O) groups is 2. The summed E-state index contributed by atoms with van der Waals surface area (Å²) < 4.78 is 52.7. The van der Waals surface area contributed by atoms with Crippen molar-refractivity contribution < 1.29 is 31.9 Å². The summed E-state index contributed by atoms with van der Waals surface area (Å²) in [6.07, 6.45) is 5.94. The fourth-order valence-electron chi connectivity index (χ4n) is 5.50. The summed E-state index contributed by atoms with van der Waals surface area (Å²) in [5.74, 6) is -0.880. The molecule has 0 heterocycles. The summed E-state index contributed by atoms with van der Waals surface area (Å²) in [5.41, 5.74) is 1.19. The molecular weight excluding hydrogens is 585 g/mol. The number of hydrogen-bond acceptors (Lipinski definition) is 6. The third kappa shape index (κ3) is 8.49. The van der Waals surface area contributed by atoms with Crippen molar-refractivity contribution in [2.45, 2.75) is 57.2 Å². The molecule has 3 aromatic rings. The van der Waals surface area contributed by atoms with Crippen molar-refractivity contribution >= 4 is 27.5 Å². The smallest absolute Gasteiger partial charge is 0.244 e. The van der Waals surface area contributed by atoms with Crippen LogP contribution in [0.15, 0.2) is 72.8 Å². The first-order chi connectivity index (χ1) is 21.1. The summed E-state index contributed by atoms with van der Waals surface area (Å²) in [7, 11) is -1.10. The molecule has 0 unspecified atom stereocenters. The number of carbonyl (C=O) groups excluding carboxylic acids is 2. The average Bonchev–Trinajstić information content (AvgIpc) is 3.02. The molecule has 44 heavy (non-hydrogen) atoms. The Balaban J connectivity index is 1.74. The van der Waals surface area contributed by atoms with Gasteiger partial charge >= 0.3 is 0 Å². The number of nitrogens with zero attached hydrogens (tertiary/aromatic N) is 2. The minimum Gasteiger partial charge on any atom is -0.493 e. The standard InChI is InChI=1S/C33H40FN3O6S/c1-42-30-19-18-27(21-31(30)43-2)37(44(3,40)41)23-32(38)36(22-25-14-10-11-17-28(25)34)29(20-24-12-6-4-7-13-24)33(39)35-26-15-8-5-9-16-26/h4,6-7,10-14,17-19,21,26,29H,5,8-9,15-16,20,22-23H2,1-3H3,(H,35,39)/t29-/m0/s1. The van der Waals surface area contributed by atoms with Gasteiger partial charge in [-0.2, -0.15) is 0 Å². The molecule has 0 aromatic heterocycles. The Kier molecular flexibility index (Phi) is 11.2. The molecule has 3 aromatic carbocycles. The zero-order valence-electron chi connectivity index (χ0n) is 25.4. The second kappa shape index (κ2) is 15.1. The van der Waals surface area contributed by atoms with Crippen LogP contribution in [-0.4, -0.2) is 64.2 Å². The van der Waals surface area contributed by atoms with Crippen molar-refractivity contribution in [3.8, 4) is 11.5 Å². The monoisotopic (exact) mass is 625 g/mol. The van der Waals surface area contributed by atoms with E-state index in [4.69, 9.17) is 9.47 Å². The van der Waals surface area contributed by atoms with Crippen LogP contribution < -0.4 is 19.1 Å². The number of anilines is 1. The number of rotatable bonds is 13. The summed E-state index contributed by atoms with van der Waals surface area (Å²) in [5, 5.41) is 3.13. The molecule has 2 amide bonds. The van der Waals surface area contributed by atoms with Crippen LogP contribution in [0.5, 0.6) is 11.5 Å². The van der Waals surface area contributed by atoms with Gasteiger partial charge in [-0.15, -0.1) is 0 Å². The topological polar surface area (TPSA) is 105 Å². The van der Waals surface area contributed by atoms with Gasteiger partial charge in [0.2, 0.25) is 21.8 Å². The molecule has 1 aliphatic carbocycles. The van der Waals surface area contributed by atoms with E-state index in [0.29, 0.717) is 5.75 Å². The fourth-order valence-corrected chi connectivity index (χ4v) is 6.34. The van der Waals surface area contributed by atoms with E-state index in [0.717, 1.165) is 48.2 Å². The summed E-state index contributed by atoms with van der Waals surface area (Å²) in [4.78, 5) is 29.5. The van der Waals surface area contributed by atoms with E-state index in [1.165, 1.54) is 37.3 Å². The van der Waals surface area contributed by atoms with Crippen molar-refractivity contribution in [2.24, 2.45) is 0 Å². The number of nitrogens with one attached hydrogen (secondary N) is 1. The lowest BCUT2D eigenvalue weighted by atomic mass is 9.94. The Bertz CT molecular complexity index is 1530. The lowest BCUT2D eigenvalue weighted by molar-refractivity contribution is -0.140. The maximum absolute atomic E-state index is 15.0. The first-order valence-electron chi connectivity index (χ1n) is 14.7. The van der Waals surface area contributed by atoms with Crippen LogP contribution in [0.3, 0.4) is 0 Å². The van der Waals surface area contributed by atoms with Crippen molar-refractivity contribution in [3.63, 3.8) is 0 Å². The molecule has 9 nitrogen and oxygen atoms in total. The van der Waals surface area contributed by atoms with Crippen LogP contribution >= 0.6 is 0 Å². The predicted molar refractivity (Wildman–Crippen MR) is 168 cm³/mol. The normalized spacial score (nSPS) is 14.4. The second-order valence-corrected chi connectivity index (χ2v) is 12.9. The average molecular weight is 626 g/mol. The van der Waals surface area contributed by atoms with Crippen molar-refractivity contribution in [3.05, 3.63) is 89.7 Å². The number of methoxy groups -OCH3 is 2. The molecule has 1 fully saturated rings. The first-order valence-corrected chi connectivity index (χ1v) is 16.5. The van der Waals surface area contributed by atoms with E-state index in [1.807, 2.05) is 30.3 Å². The van der Waals surface area contributed by atoms with E-state index in [9.17, 15) is 22.4 Å². The highest BCUT2D eigenvalue weighted by atomic mass is 32.2.